The summed E-state index contributed by atoms with van der Waals surface area (Å²) >= 11 is 0. The van der Waals surface area contributed by atoms with Crippen molar-refractivity contribution in [3.63, 3.8) is 0 Å². The average molecular weight is 402 g/mol. The number of carbonyl (C=O) groups excluding carboxylic acids is 2. The lowest BCUT2D eigenvalue weighted by Gasteiger charge is -2.25. The number of Topliss-reactive ketones (excluding diaryl/α,β-unsaturated/α-hetero) is 1. The van der Waals surface area contributed by atoms with E-state index in [9.17, 15) is 9.59 Å². The number of primary amides is 1. The van der Waals surface area contributed by atoms with E-state index in [2.05, 4.69) is 4.98 Å². The minimum Gasteiger partial charge on any atom is -0.492 e. The zero-order valence-electron chi connectivity index (χ0n) is 16.6. The van der Waals surface area contributed by atoms with Crippen LogP contribution in [0.15, 0.2) is 67.0 Å². The van der Waals surface area contributed by atoms with E-state index in [0.717, 1.165) is 12.0 Å². The molecule has 0 fully saturated rings. The molecule has 2 aromatic carbocycles. The highest BCUT2D eigenvalue weighted by Gasteiger charge is 2.28. The van der Waals surface area contributed by atoms with Crippen molar-refractivity contribution in [3.8, 4) is 11.5 Å². The van der Waals surface area contributed by atoms with E-state index in [0.29, 0.717) is 34.8 Å². The number of rotatable bonds is 6. The lowest BCUT2D eigenvalue weighted by Crippen LogP contribution is -2.27. The molecule has 30 heavy (non-hydrogen) atoms. The molecule has 0 spiro atoms. The van der Waals surface area contributed by atoms with Crippen LogP contribution in [0.3, 0.4) is 0 Å². The van der Waals surface area contributed by atoms with Crippen LogP contribution in [-0.2, 0) is 0 Å². The fraction of sp³-hybridized carbons (Fsp3) is 0.208. The molecule has 3 aromatic rings. The lowest BCUT2D eigenvalue weighted by atomic mass is 9.93. The van der Waals surface area contributed by atoms with E-state index >= 15 is 0 Å². The molecule has 0 aliphatic carbocycles. The topological polar surface area (TPSA) is 91.5 Å². The van der Waals surface area contributed by atoms with Crippen molar-refractivity contribution >= 4 is 11.7 Å². The first kappa shape index (κ1) is 19.6. The summed E-state index contributed by atoms with van der Waals surface area (Å²) in [5.74, 6) is 0.487. The summed E-state index contributed by atoms with van der Waals surface area (Å²) in [6.07, 6.45) is 3.48. The van der Waals surface area contributed by atoms with Crippen molar-refractivity contribution in [1.29, 1.82) is 0 Å². The van der Waals surface area contributed by atoms with Gasteiger partial charge in [-0.15, -0.1) is 0 Å². The van der Waals surface area contributed by atoms with Crippen LogP contribution in [0, 0.1) is 5.92 Å². The van der Waals surface area contributed by atoms with Gasteiger partial charge in [-0.3, -0.25) is 14.6 Å². The predicted octanol–water partition coefficient (Wildman–Crippen LogP) is 3.95. The van der Waals surface area contributed by atoms with Crippen LogP contribution >= 0.6 is 0 Å². The van der Waals surface area contributed by atoms with Crippen molar-refractivity contribution in [2.24, 2.45) is 11.7 Å². The van der Waals surface area contributed by atoms with Gasteiger partial charge in [0.05, 0.1) is 18.1 Å². The van der Waals surface area contributed by atoms with Gasteiger partial charge in [0.15, 0.2) is 5.78 Å². The van der Waals surface area contributed by atoms with Crippen LogP contribution in [0.4, 0.5) is 0 Å². The summed E-state index contributed by atoms with van der Waals surface area (Å²) in [6, 6.07) is 15.9. The van der Waals surface area contributed by atoms with Crippen LogP contribution in [-0.4, -0.2) is 23.3 Å². The first-order chi connectivity index (χ1) is 14.6. The Balaban J connectivity index is 1.72. The quantitative estimate of drug-likeness (QED) is 0.674. The number of ketones is 1. The Morgan fingerprint density at radius 1 is 1.20 bits per heavy atom. The summed E-state index contributed by atoms with van der Waals surface area (Å²) in [6.45, 7) is 2.34. The molecule has 1 amide bonds. The molecule has 0 bridgehead atoms. The number of fused-ring (bicyclic) bond motifs is 1. The molecule has 1 aliphatic rings. The molecule has 2 atom stereocenters. The highest BCUT2D eigenvalue weighted by atomic mass is 16.5. The third-order valence-corrected chi connectivity index (χ3v) is 5.29. The van der Waals surface area contributed by atoms with Crippen molar-refractivity contribution in [3.05, 3.63) is 89.2 Å². The number of hydrogen-bond donors (Lipinski definition) is 1. The van der Waals surface area contributed by atoms with Gasteiger partial charge >= 0.3 is 0 Å². The normalized spacial score (nSPS) is 16.3. The van der Waals surface area contributed by atoms with Crippen molar-refractivity contribution < 1.29 is 19.1 Å². The molecular weight excluding hydrogens is 380 g/mol. The van der Waals surface area contributed by atoms with E-state index in [1.165, 1.54) is 0 Å². The Kier molecular flexibility index (Phi) is 5.48. The van der Waals surface area contributed by atoms with Gasteiger partial charge < -0.3 is 15.2 Å². The maximum atomic E-state index is 12.6. The van der Waals surface area contributed by atoms with Gasteiger partial charge in [0.25, 0.3) is 0 Å². The Morgan fingerprint density at radius 2 is 1.97 bits per heavy atom. The van der Waals surface area contributed by atoms with Gasteiger partial charge in [0.2, 0.25) is 5.91 Å². The summed E-state index contributed by atoms with van der Waals surface area (Å²) < 4.78 is 12.1. The van der Waals surface area contributed by atoms with Gasteiger partial charge in [-0.05, 0) is 42.3 Å². The number of nitrogens with zero attached hydrogens (tertiary/aromatic N) is 1. The third kappa shape index (κ3) is 3.76. The van der Waals surface area contributed by atoms with Gasteiger partial charge in [-0.1, -0.05) is 25.1 Å². The zero-order valence-corrected chi connectivity index (χ0v) is 16.6. The minimum absolute atomic E-state index is 0.0926. The average Bonchev–Trinajstić information content (AvgIpc) is 2.78. The molecular formula is C24H22N2O4. The monoisotopic (exact) mass is 402 g/mol. The van der Waals surface area contributed by atoms with Crippen molar-refractivity contribution in [2.75, 3.05) is 6.61 Å². The van der Waals surface area contributed by atoms with E-state index < -0.39 is 12.0 Å². The Labute approximate surface area is 174 Å². The minimum atomic E-state index is -0.586. The maximum absolute atomic E-state index is 12.6. The van der Waals surface area contributed by atoms with Crippen LogP contribution in [0.2, 0.25) is 0 Å². The molecule has 152 valence electrons. The third-order valence-electron chi connectivity index (χ3n) is 5.29. The molecule has 1 aromatic heterocycles. The summed E-state index contributed by atoms with van der Waals surface area (Å²) in [5.41, 5.74) is 8.01. The van der Waals surface area contributed by atoms with Crippen LogP contribution in [0.5, 0.6) is 11.5 Å². The molecule has 1 aliphatic heterocycles. The molecule has 2 N–H and O–H groups in total. The van der Waals surface area contributed by atoms with E-state index in [4.69, 9.17) is 15.2 Å². The van der Waals surface area contributed by atoms with E-state index in [1.807, 2.05) is 31.2 Å². The molecule has 2 heterocycles. The molecule has 4 rings (SSSR count). The SMILES string of the molecule is CC[C@@H]1COc2cc(O[C@H](c3ccncc3)c3ccccc3C(N)=O)ccc2C1=O. The standard InChI is InChI=1S/C24H22N2O4/c1-2-15-14-29-21-13-17(7-8-20(21)22(15)27)30-23(16-9-11-26-12-10-16)18-5-3-4-6-19(18)24(25)28/h3-13,15,23H,2,14H2,1H3,(H2,25,28)/t15-,23-/m1/s1. The van der Waals surface area contributed by atoms with E-state index in [-0.39, 0.29) is 11.7 Å². The molecule has 6 heteroatoms. The molecule has 0 saturated carbocycles. The maximum Gasteiger partial charge on any atom is 0.249 e. The fourth-order valence-corrected chi connectivity index (χ4v) is 3.62. The second-order valence-electron chi connectivity index (χ2n) is 7.17. The first-order valence-electron chi connectivity index (χ1n) is 9.84. The summed E-state index contributed by atoms with van der Waals surface area (Å²) in [4.78, 5) is 28.6. The molecule has 0 unspecified atom stereocenters. The number of benzene rings is 2. The number of pyridine rings is 1. The second-order valence-corrected chi connectivity index (χ2v) is 7.17. The molecule has 6 nitrogen and oxygen atoms in total. The van der Waals surface area contributed by atoms with Gasteiger partial charge in [-0.25, -0.2) is 0 Å². The first-order valence-corrected chi connectivity index (χ1v) is 9.84. The van der Waals surface area contributed by atoms with E-state index in [1.54, 1.807) is 42.7 Å². The number of ether oxygens (including phenoxy) is 2. The highest BCUT2D eigenvalue weighted by molar-refractivity contribution is 6.01. The van der Waals surface area contributed by atoms with Crippen LogP contribution in [0.25, 0.3) is 0 Å². The summed E-state index contributed by atoms with van der Waals surface area (Å²) in [5, 5.41) is 0. The second kappa shape index (κ2) is 8.37. The van der Waals surface area contributed by atoms with Gasteiger partial charge in [0.1, 0.15) is 17.6 Å². The lowest BCUT2D eigenvalue weighted by molar-refractivity contribution is 0.0825. The Hall–Kier alpha value is -3.67. The van der Waals surface area contributed by atoms with Gasteiger partial charge in [-0.2, -0.15) is 0 Å². The molecule has 0 radical (unpaired) electrons. The largest absolute Gasteiger partial charge is 0.492 e. The molecule has 0 saturated heterocycles. The van der Waals surface area contributed by atoms with Crippen molar-refractivity contribution in [2.45, 2.75) is 19.4 Å². The smallest absolute Gasteiger partial charge is 0.249 e. The number of nitrogens with two attached hydrogens (primary N) is 1. The van der Waals surface area contributed by atoms with Crippen LogP contribution in [0.1, 0.15) is 51.3 Å². The fourth-order valence-electron chi connectivity index (χ4n) is 3.62. The van der Waals surface area contributed by atoms with Crippen LogP contribution < -0.4 is 15.2 Å². The number of carbonyl (C=O) groups is 2. The predicted molar refractivity (Wildman–Crippen MR) is 112 cm³/mol. The number of amides is 1. The Morgan fingerprint density at radius 3 is 2.70 bits per heavy atom. The Bertz CT molecular complexity index is 1080. The summed E-state index contributed by atoms with van der Waals surface area (Å²) in [7, 11) is 0. The van der Waals surface area contributed by atoms with Crippen molar-refractivity contribution in [1.82, 2.24) is 4.98 Å². The zero-order chi connectivity index (χ0) is 21.1. The van der Waals surface area contributed by atoms with Gasteiger partial charge in [0, 0.05) is 29.6 Å². The highest BCUT2D eigenvalue weighted by Crippen LogP contribution is 2.35. The number of hydrogen-bond acceptors (Lipinski definition) is 5. The number of aromatic nitrogens is 1.